The minimum Gasteiger partial charge on any atom is -0.496 e. The van der Waals surface area contributed by atoms with Gasteiger partial charge in [0.05, 0.1) is 7.11 Å². The summed E-state index contributed by atoms with van der Waals surface area (Å²) in [5.74, 6) is 1.65. The van der Waals surface area contributed by atoms with Gasteiger partial charge in [-0.25, -0.2) is 0 Å². The monoisotopic (exact) mass is 346 g/mol. The number of hydrogen-bond donors (Lipinski definition) is 1. The van der Waals surface area contributed by atoms with E-state index in [1.165, 1.54) is 12.8 Å². The molecule has 25 heavy (non-hydrogen) atoms. The Labute approximate surface area is 150 Å². The second-order valence-electron chi connectivity index (χ2n) is 7.32. The third-order valence-corrected chi connectivity index (χ3v) is 5.66. The van der Waals surface area contributed by atoms with Gasteiger partial charge in [0.1, 0.15) is 5.75 Å². The molecule has 2 saturated heterocycles. The fourth-order valence-electron chi connectivity index (χ4n) is 4.16. The minimum atomic E-state index is 0.175. The lowest BCUT2D eigenvalue weighted by atomic mass is 9.96. The van der Waals surface area contributed by atoms with Crippen LogP contribution in [0.5, 0.6) is 5.75 Å². The quantitative estimate of drug-likeness (QED) is 0.818. The van der Waals surface area contributed by atoms with Crippen LogP contribution in [0.15, 0.2) is 24.3 Å². The zero-order chi connectivity index (χ0) is 17.6. The number of carbonyl (C=O) groups excluding carboxylic acids is 1. The van der Waals surface area contributed by atoms with E-state index in [4.69, 9.17) is 4.74 Å². The maximum atomic E-state index is 12.7. The van der Waals surface area contributed by atoms with Crippen molar-refractivity contribution in [1.29, 1.82) is 0 Å². The number of benzene rings is 1. The Morgan fingerprint density at radius 3 is 2.64 bits per heavy atom. The van der Waals surface area contributed by atoms with Gasteiger partial charge in [-0.1, -0.05) is 18.2 Å². The Hall–Kier alpha value is -1.59. The van der Waals surface area contributed by atoms with Gasteiger partial charge in [-0.15, -0.1) is 0 Å². The van der Waals surface area contributed by atoms with E-state index in [0.29, 0.717) is 25.3 Å². The lowest BCUT2D eigenvalue weighted by Gasteiger charge is -2.23. The van der Waals surface area contributed by atoms with Crippen LogP contribution >= 0.6 is 0 Å². The topological polar surface area (TPSA) is 53.0 Å². The number of aliphatic hydroxyl groups is 1. The van der Waals surface area contributed by atoms with E-state index >= 15 is 0 Å². The van der Waals surface area contributed by atoms with E-state index in [2.05, 4.69) is 4.90 Å². The number of aryl methyl sites for hydroxylation is 1. The molecular formula is C20H30N2O3. The molecule has 0 aromatic heterocycles. The van der Waals surface area contributed by atoms with Gasteiger partial charge in [-0.05, 0) is 49.9 Å². The molecule has 2 aliphatic heterocycles. The van der Waals surface area contributed by atoms with E-state index in [9.17, 15) is 9.90 Å². The second-order valence-corrected chi connectivity index (χ2v) is 7.32. The Balaban J connectivity index is 1.53. The highest BCUT2D eigenvalue weighted by molar-refractivity contribution is 5.77. The van der Waals surface area contributed by atoms with Crippen LogP contribution in [0.3, 0.4) is 0 Å². The summed E-state index contributed by atoms with van der Waals surface area (Å²) in [6, 6.07) is 7.87. The van der Waals surface area contributed by atoms with Crippen molar-refractivity contribution in [3.63, 3.8) is 0 Å². The molecule has 2 heterocycles. The predicted molar refractivity (Wildman–Crippen MR) is 97.6 cm³/mol. The Bertz CT molecular complexity index is 572. The van der Waals surface area contributed by atoms with Gasteiger partial charge >= 0.3 is 0 Å². The number of para-hydroxylation sites is 1. The summed E-state index contributed by atoms with van der Waals surface area (Å²) >= 11 is 0. The summed E-state index contributed by atoms with van der Waals surface area (Å²) in [5, 5.41) is 9.71. The fourth-order valence-corrected chi connectivity index (χ4v) is 4.16. The van der Waals surface area contributed by atoms with Gasteiger partial charge in [0.25, 0.3) is 0 Å². The maximum Gasteiger partial charge on any atom is 0.222 e. The van der Waals surface area contributed by atoms with Gasteiger partial charge in [-0.3, -0.25) is 4.79 Å². The van der Waals surface area contributed by atoms with Crippen LogP contribution < -0.4 is 4.74 Å². The number of rotatable bonds is 7. The largest absolute Gasteiger partial charge is 0.496 e. The molecule has 0 saturated carbocycles. The zero-order valence-corrected chi connectivity index (χ0v) is 15.2. The summed E-state index contributed by atoms with van der Waals surface area (Å²) in [4.78, 5) is 17.1. The van der Waals surface area contributed by atoms with Crippen molar-refractivity contribution in [1.82, 2.24) is 9.80 Å². The minimum absolute atomic E-state index is 0.175. The average Bonchev–Trinajstić information content (AvgIpc) is 3.30. The van der Waals surface area contributed by atoms with Crippen LogP contribution in [0.1, 0.15) is 24.8 Å². The molecule has 5 nitrogen and oxygen atoms in total. The lowest BCUT2D eigenvalue weighted by Crippen LogP contribution is -2.32. The Kier molecular flexibility index (Phi) is 6.32. The van der Waals surface area contributed by atoms with Gasteiger partial charge in [0.2, 0.25) is 5.91 Å². The molecule has 0 unspecified atom stereocenters. The van der Waals surface area contributed by atoms with E-state index in [0.717, 1.165) is 37.5 Å². The smallest absolute Gasteiger partial charge is 0.222 e. The standard InChI is InChI=1S/C20H30N2O3/c1-25-19-7-3-2-6-16(19)8-9-20(24)22-13-17(18(14-22)15-23)12-21-10-4-5-11-21/h2-3,6-7,17-18,23H,4-5,8-15H2,1H3/t17-,18-/m1/s1. The molecule has 1 aromatic rings. The molecule has 2 fully saturated rings. The highest BCUT2D eigenvalue weighted by Gasteiger charge is 2.35. The Morgan fingerprint density at radius 1 is 1.20 bits per heavy atom. The van der Waals surface area contributed by atoms with E-state index in [-0.39, 0.29) is 18.4 Å². The van der Waals surface area contributed by atoms with E-state index in [1.54, 1.807) is 7.11 Å². The van der Waals surface area contributed by atoms with Crippen LogP contribution in [0.2, 0.25) is 0 Å². The molecule has 1 amide bonds. The number of likely N-dealkylation sites (tertiary alicyclic amines) is 2. The molecule has 5 heteroatoms. The molecule has 2 aliphatic rings. The van der Waals surface area contributed by atoms with Gasteiger partial charge in [-0.2, -0.15) is 0 Å². The summed E-state index contributed by atoms with van der Waals surface area (Å²) in [6.07, 6.45) is 3.74. The number of amides is 1. The van der Waals surface area contributed by atoms with Crippen molar-refractivity contribution < 1.29 is 14.6 Å². The normalized spacial score (nSPS) is 24.0. The van der Waals surface area contributed by atoms with Crippen LogP contribution in [0.4, 0.5) is 0 Å². The number of carbonyl (C=O) groups is 1. The third-order valence-electron chi connectivity index (χ3n) is 5.66. The molecule has 0 bridgehead atoms. The number of methoxy groups -OCH3 is 1. The van der Waals surface area contributed by atoms with Gasteiger partial charge in [0.15, 0.2) is 0 Å². The first kappa shape index (κ1) is 18.2. The molecule has 138 valence electrons. The highest BCUT2D eigenvalue weighted by Crippen LogP contribution is 2.27. The van der Waals surface area contributed by atoms with Gasteiger partial charge < -0.3 is 19.6 Å². The Morgan fingerprint density at radius 2 is 1.92 bits per heavy atom. The van der Waals surface area contributed by atoms with Crippen molar-refractivity contribution in [2.45, 2.75) is 25.7 Å². The van der Waals surface area contributed by atoms with Crippen molar-refractivity contribution in [2.24, 2.45) is 11.8 Å². The molecule has 1 aromatic carbocycles. The van der Waals surface area contributed by atoms with Crippen molar-refractivity contribution in [3.05, 3.63) is 29.8 Å². The number of hydrogen-bond acceptors (Lipinski definition) is 4. The van der Waals surface area contributed by atoms with Crippen molar-refractivity contribution in [2.75, 3.05) is 46.4 Å². The van der Waals surface area contributed by atoms with E-state index < -0.39 is 0 Å². The average molecular weight is 346 g/mol. The first-order valence-electron chi connectivity index (χ1n) is 9.44. The summed E-state index contributed by atoms with van der Waals surface area (Å²) in [5.41, 5.74) is 1.07. The molecule has 1 N–H and O–H groups in total. The predicted octanol–water partition coefficient (Wildman–Crippen LogP) is 1.79. The maximum absolute atomic E-state index is 12.7. The summed E-state index contributed by atoms with van der Waals surface area (Å²) < 4.78 is 5.37. The summed E-state index contributed by atoms with van der Waals surface area (Å²) in [6.45, 7) is 5.00. The number of aliphatic hydroxyl groups excluding tert-OH is 1. The summed E-state index contributed by atoms with van der Waals surface area (Å²) in [7, 11) is 1.66. The lowest BCUT2D eigenvalue weighted by molar-refractivity contribution is -0.130. The molecule has 0 spiro atoms. The van der Waals surface area contributed by atoms with Crippen LogP contribution in [0.25, 0.3) is 0 Å². The first-order chi connectivity index (χ1) is 12.2. The molecule has 0 radical (unpaired) electrons. The number of ether oxygens (including phenoxy) is 1. The molecule has 0 aliphatic carbocycles. The number of nitrogens with zero attached hydrogens (tertiary/aromatic N) is 2. The highest BCUT2D eigenvalue weighted by atomic mass is 16.5. The molecule has 2 atom stereocenters. The van der Waals surface area contributed by atoms with Crippen LogP contribution in [0, 0.1) is 11.8 Å². The van der Waals surface area contributed by atoms with E-state index in [1.807, 2.05) is 29.2 Å². The SMILES string of the molecule is COc1ccccc1CCC(=O)N1C[C@@H](CN2CCCC2)[C@@H](CO)C1. The second kappa shape index (κ2) is 8.68. The molecular weight excluding hydrogens is 316 g/mol. The fraction of sp³-hybridized carbons (Fsp3) is 0.650. The zero-order valence-electron chi connectivity index (χ0n) is 15.2. The van der Waals surface area contributed by atoms with Crippen molar-refractivity contribution >= 4 is 5.91 Å². The third kappa shape index (κ3) is 4.53. The molecule has 3 rings (SSSR count). The van der Waals surface area contributed by atoms with Crippen LogP contribution in [-0.4, -0.2) is 67.3 Å². The first-order valence-corrected chi connectivity index (χ1v) is 9.44. The van der Waals surface area contributed by atoms with Crippen LogP contribution in [-0.2, 0) is 11.2 Å². The van der Waals surface area contributed by atoms with Gasteiger partial charge in [0, 0.05) is 38.6 Å². The van der Waals surface area contributed by atoms with Crippen molar-refractivity contribution in [3.8, 4) is 5.75 Å².